The van der Waals surface area contributed by atoms with Crippen LogP contribution in [0.3, 0.4) is 0 Å². The Morgan fingerprint density at radius 1 is 1.05 bits per heavy atom. The molecule has 0 aliphatic heterocycles. The van der Waals surface area contributed by atoms with E-state index in [-0.39, 0.29) is 5.56 Å². The van der Waals surface area contributed by atoms with Crippen molar-refractivity contribution in [3.8, 4) is 0 Å². The largest absolute Gasteiger partial charge is 0.309 e. The van der Waals surface area contributed by atoms with Crippen LogP contribution in [-0.2, 0) is 0 Å². The third-order valence-corrected chi connectivity index (χ3v) is 3.54. The molecule has 1 atom stereocenters. The molecule has 0 aliphatic carbocycles. The van der Waals surface area contributed by atoms with Crippen molar-refractivity contribution in [2.45, 2.75) is 6.04 Å². The lowest BCUT2D eigenvalue weighted by atomic mass is 9.98. The van der Waals surface area contributed by atoms with Crippen LogP contribution in [0.2, 0.25) is 0 Å². The first-order valence-corrected chi connectivity index (χ1v) is 6.40. The molecule has 0 amide bonds. The summed E-state index contributed by atoms with van der Waals surface area (Å²) in [7, 11) is 1.63. The number of hydrogen-bond acceptors (Lipinski definition) is 1. The predicted molar refractivity (Wildman–Crippen MR) is 71.4 cm³/mol. The molecule has 0 fully saturated rings. The van der Waals surface area contributed by atoms with Gasteiger partial charge in [0, 0.05) is 10.0 Å². The maximum Gasteiger partial charge on any atom is 0.163 e. The molecule has 0 radical (unpaired) electrons. The molecule has 0 bridgehead atoms. The van der Waals surface area contributed by atoms with Gasteiger partial charge in [-0.2, -0.15) is 0 Å². The van der Waals surface area contributed by atoms with Crippen LogP contribution >= 0.6 is 15.9 Å². The zero-order valence-electron chi connectivity index (χ0n) is 10.1. The average molecular weight is 330 g/mol. The van der Waals surface area contributed by atoms with E-state index in [4.69, 9.17) is 0 Å². The third kappa shape index (κ3) is 2.82. The first-order chi connectivity index (χ1) is 9.04. The Morgan fingerprint density at radius 2 is 1.79 bits per heavy atom. The van der Waals surface area contributed by atoms with Crippen LogP contribution in [0.4, 0.5) is 13.2 Å². The van der Waals surface area contributed by atoms with Gasteiger partial charge in [0.05, 0.1) is 6.04 Å². The molecule has 2 aromatic rings. The van der Waals surface area contributed by atoms with Crippen molar-refractivity contribution in [2.24, 2.45) is 0 Å². The van der Waals surface area contributed by atoms with E-state index in [1.807, 2.05) is 0 Å². The summed E-state index contributed by atoms with van der Waals surface area (Å²) in [5.41, 5.74) is 0.809. The Labute approximate surface area is 117 Å². The van der Waals surface area contributed by atoms with Crippen LogP contribution in [0, 0.1) is 17.5 Å². The zero-order valence-corrected chi connectivity index (χ0v) is 11.6. The summed E-state index contributed by atoms with van der Waals surface area (Å²) in [5, 5.41) is 2.90. The van der Waals surface area contributed by atoms with Crippen LogP contribution in [0.25, 0.3) is 0 Å². The summed E-state index contributed by atoms with van der Waals surface area (Å²) in [4.78, 5) is 0. The normalized spacial score (nSPS) is 12.5. The lowest BCUT2D eigenvalue weighted by molar-refractivity contribution is 0.487. The van der Waals surface area contributed by atoms with Crippen LogP contribution in [0.15, 0.2) is 40.9 Å². The topological polar surface area (TPSA) is 12.0 Å². The molecule has 2 aromatic carbocycles. The van der Waals surface area contributed by atoms with Crippen molar-refractivity contribution in [1.29, 1.82) is 0 Å². The van der Waals surface area contributed by atoms with E-state index < -0.39 is 23.5 Å². The molecule has 0 aromatic heterocycles. The van der Waals surface area contributed by atoms with E-state index in [1.165, 1.54) is 30.3 Å². The Morgan fingerprint density at radius 3 is 2.42 bits per heavy atom. The van der Waals surface area contributed by atoms with E-state index >= 15 is 0 Å². The molecule has 0 aliphatic rings. The number of hydrogen-bond donors (Lipinski definition) is 1. The highest BCUT2D eigenvalue weighted by atomic mass is 79.9. The minimum Gasteiger partial charge on any atom is -0.309 e. The summed E-state index contributed by atoms with van der Waals surface area (Å²) in [6.07, 6.45) is 0. The van der Waals surface area contributed by atoms with Crippen molar-refractivity contribution in [3.63, 3.8) is 0 Å². The molecular weight excluding hydrogens is 319 g/mol. The third-order valence-electron chi connectivity index (χ3n) is 2.85. The molecule has 100 valence electrons. The first-order valence-electron chi connectivity index (χ1n) is 5.60. The molecule has 19 heavy (non-hydrogen) atoms. The van der Waals surface area contributed by atoms with Gasteiger partial charge in [0.25, 0.3) is 0 Å². The van der Waals surface area contributed by atoms with Gasteiger partial charge < -0.3 is 5.32 Å². The second-order valence-corrected chi connectivity index (χ2v) is 4.88. The molecule has 0 saturated heterocycles. The monoisotopic (exact) mass is 329 g/mol. The average Bonchev–Trinajstić information content (AvgIpc) is 2.37. The molecule has 2 rings (SSSR count). The predicted octanol–water partition coefficient (Wildman–Crippen LogP) is 4.18. The second-order valence-electron chi connectivity index (χ2n) is 4.03. The van der Waals surface area contributed by atoms with E-state index in [1.54, 1.807) is 7.05 Å². The molecular formula is C14H11BrF3N. The fourth-order valence-corrected chi connectivity index (χ4v) is 2.54. The Kier molecular flexibility index (Phi) is 4.27. The fraction of sp³-hybridized carbons (Fsp3) is 0.143. The van der Waals surface area contributed by atoms with Crippen molar-refractivity contribution in [1.82, 2.24) is 5.32 Å². The molecule has 1 unspecified atom stereocenters. The maximum absolute atomic E-state index is 13.8. The van der Waals surface area contributed by atoms with Crippen LogP contribution in [0.5, 0.6) is 0 Å². The van der Waals surface area contributed by atoms with Crippen LogP contribution < -0.4 is 5.32 Å². The number of nitrogens with one attached hydrogen (secondary N) is 1. The molecule has 0 heterocycles. The van der Waals surface area contributed by atoms with E-state index in [2.05, 4.69) is 21.2 Å². The summed E-state index contributed by atoms with van der Waals surface area (Å²) in [6.45, 7) is 0. The molecule has 1 N–H and O–H groups in total. The minimum atomic E-state index is -0.906. The van der Waals surface area contributed by atoms with Crippen LogP contribution in [-0.4, -0.2) is 7.05 Å². The van der Waals surface area contributed by atoms with E-state index in [0.29, 0.717) is 10.0 Å². The molecule has 0 saturated carbocycles. The molecule has 1 nitrogen and oxygen atoms in total. The smallest absolute Gasteiger partial charge is 0.163 e. The summed E-state index contributed by atoms with van der Waals surface area (Å²) >= 11 is 3.23. The fourth-order valence-electron chi connectivity index (χ4n) is 1.96. The van der Waals surface area contributed by atoms with Gasteiger partial charge in [0.2, 0.25) is 0 Å². The minimum absolute atomic E-state index is 0.176. The highest BCUT2D eigenvalue weighted by Crippen LogP contribution is 2.30. The maximum atomic E-state index is 13.8. The SMILES string of the molecule is CNC(c1ccc(F)cc1Br)c1cccc(F)c1F. The van der Waals surface area contributed by atoms with Gasteiger partial charge in [-0.25, -0.2) is 13.2 Å². The Balaban J connectivity index is 2.53. The highest BCUT2D eigenvalue weighted by molar-refractivity contribution is 9.10. The van der Waals surface area contributed by atoms with Crippen LogP contribution in [0.1, 0.15) is 17.2 Å². The van der Waals surface area contributed by atoms with Gasteiger partial charge in [-0.1, -0.05) is 34.1 Å². The van der Waals surface area contributed by atoms with E-state index in [9.17, 15) is 13.2 Å². The van der Waals surface area contributed by atoms with Crippen molar-refractivity contribution < 1.29 is 13.2 Å². The Bertz CT molecular complexity index is 601. The standard InChI is InChI=1S/C14H11BrF3N/c1-19-14(9-6-5-8(16)7-11(9)15)10-3-2-4-12(17)13(10)18/h2-7,14,19H,1H3. The van der Waals surface area contributed by atoms with Gasteiger partial charge in [0.1, 0.15) is 5.82 Å². The zero-order chi connectivity index (χ0) is 14.0. The molecule has 5 heteroatoms. The van der Waals surface area contributed by atoms with Gasteiger partial charge in [-0.3, -0.25) is 0 Å². The summed E-state index contributed by atoms with van der Waals surface area (Å²) in [5.74, 6) is -2.21. The number of halogens is 4. The van der Waals surface area contributed by atoms with Crippen molar-refractivity contribution in [2.75, 3.05) is 7.05 Å². The van der Waals surface area contributed by atoms with Gasteiger partial charge in [-0.05, 0) is 30.8 Å². The molecule has 0 spiro atoms. The van der Waals surface area contributed by atoms with Crippen molar-refractivity contribution >= 4 is 15.9 Å². The summed E-state index contributed by atoms with van der Waals surface area (Å²) < 4.78 is 40.7. The number of rotatable bonds is 3. The Hall–Kier alpha value is -1.33. The van der Waals surface area contributed by atoms with Gasteiger partial charge >= 0.3 is 0 Å². The quantitative estimate of drug-likeness (QED) is 0.890. The second kappa shape index (κ2) is 5.75. The van der Waals surface area contributed by atoms with Gasteiger partial charge in [-0.15, -0.1) is 0 Å². The lowest BCUT2D eigenvalue weighted by Crippen LogP contribution is -2.20. The van der Waals surface area contributed by atoms with Crippen molar-refractivity contribution in [3.05, 3.63) is 69.4 Å². The van der Waals surface area contributed by atoms with Gasteiger partial charge in [0.15, 0.2) is 11.6 Å². The highest BCUT2D eigenvalue weighted by Gasteiger charge is 2.20. The van der Waals surface area contributed by atoms with E-state index in [0.717, 1.165) is 6.07 Å². The lowest BCUT2D eigenvalue weighted by Gasteiger charge is -2.19. The summed E-state index contributed by atoms with van der Waals surface area (Å²) in [6, 6.07) is 7.53. The first kappa shape index (κ1) is 14.1. The number of benzene rings is 2.